The number of hydrogen-bond donors (Lipinski definition) is 1. The molecule has 0 fully saturated rings. The van der Waals surface area contributed by atoms with Crippen molar-refractivity contribution in [2.45, 2.75) is 38.1 Å². The van der Waals surface area contributed by atoms with Crippen LogP contribution in [0, 0.1) is 13.8 Å². The van der Waals surface area contributed by atoms with Crippen LogP contribution in [-0.4, -0.2) is 32.9 Å². The smallest absolute Gasteiger partial charge is 0.248 e. The SMILES string of the molecule is CC[C@@H](C(=O)Nc1cccc(SC)c1)N(c1ccc(C)c(C)c1)S(C)(=O)=O. The maximum absolute atomic E-state index is 12.9. The molecule has 0 aliphatic carbocycles. The summed E-state index contributed by atoms with van der Waals surface area (Å²) >= 11 is 1.58. The lowest BCUT2D eigenvalue weighted by molar-refractivity contribution is -0.117. The number of carbonyl (C=O) groups excluding carboxylic acids is 1. The lowest BCUT2D eigenvalue weighted by Crippen LogP contribution is -2.47. The Kier molecular flexibility index (Phi) is 6.95. The number of carbonyl (C=O) groups is 1. The molecule has 0 radical (unpaired) electrons. The molecule has 2 aromatic rings. The van der Waals surface area contributed by atoms with Crippen LogP contribution < -0.4 is 9.62 Å². The third-order valence-corrected chi connectivity index (χ3v) is 6.32. The Bertz CT molecular complexity index is 927. The Morgan fingerprint density at radius 2 is 1.85 bits per heavy atom. The summed E-state index contributed by atoms with van der Waals surface area (Å²) in [6.45, 7) is 5.70. The Morgan fingerprint density at radius 1 is 1.15 bits per heavy atom. The second-order valence-electron chi connectivity index (χ2n) is 6.47. The Labute approximate surface area is 166 Å². The zero-order chi connectivity index (χ0) is 20.2. The normalized spacial score (nSPS) is 12.5. The molecule has 0 bridgehead atoms. The van der Waals surface area contributed by atoms with E-state index in [1.807, 2.05) is 51.3 Å². The number of benzene rings is 2. The summed E-state index contributed by atoms with van der Waals surface area (Å²) in [6.07, 6.45) is 3.45. The van der Waals surface area contributed by atoms with Crippen LogP contribution in [0.15, 0.2) is 47.4 Å². The number of anilines is 2. The van der Waals surface area contributed by atoms with Crippen molar-refractivity contribution in [1.29, 1.82) is 0 Å². The molecule has 146 valence electrons. The van der Waals surface area contributed by atoms with E-state index in [-0.39, 0.29) is 5.91 Å². The second-order valence-corrected chi connectivity index (χ2v) is 9.21. The molecule has 1 N–H and O–H groups in total. The molecule has 0 saturated carbocycles. The molecule has 2 rings (SSSR count). The molecule has 7 heteroatoms. The minimum atomic E-state index is -3.64. The first-order valence-corrected chi connectivity index (χ1v) is 11.8. The average Bonchev–Trinajstić information content (AvgIpc) is 2.61. The number of nitrogens with zero attached hydrogens (tertiary/aromatic N) is 1. The molecule has 1 amide bonds. The van der Waals surface area contributed by atoms with Gasteiger partial charge in [0.05, 0.1) is 11.9 Å². The Balaban J connectivity index is 2.39. The van der Waals surface area contributed by atoms with E-state index in [0.29, 0.717) is 17.8 Å². The highest BCUT2D eigenvalue weighted by atomic mass is 32.2. The fourth-order valence-corrected chi connectivity index (χ4v) is 4.51. The number of amides is 1. The van der Waals surface area contributed by atoms with Gasteiger partial charge in [-0.25, -0.2) is 8.42 Å². The minimum absolute atomic E-state index is 0.348. The summed E-state index contributed by atoms with van der Waals surface area (Å²) in [5, 5.41) is 2.86. The Hall–Kier alpha value is -1.99. The Morgan fingerprint density at radius 3 is 2.41 bits per heavy atom. The molecule has 0 aliphatic rings. The van der Waals surface area contributed by atoms with Crippen molar-refractivity contribution >= 4 is 39.1 Å². The summed E-state index contributed by atoms with van der Waals surface area (Å²) < 4.78 is 26.3. The van der Waals surface area contributed by atoms with Gasteiger partial charge in [-0.1, -0.05) is 19.1 Å². The first kappa shape index (κ1) is 21.3. The maximum atomic E-state index is 12.9. The van der Waals surface area contributed by atoms with Crippen molar-refractivity contribution in [3.8, 4) is 0 Å². The van der Waals surface area contributed by atoms with Crippen LogP contribution in [0.1, 0.15) is 24.5 Å². The quantitative estimate of drug-likeness (QED) is 0.700. The molecule has 0 spiro atoms. The van der Waals surface area contributed by atoms with Gasteiger partial charge in [0.15, 0.2) is 0 Å². The van der Waals surface area contributed by atoms with Crippen LogP contribution in [0.3, 0.4) is 0 Å². The summed E-state index contributed by atoms with van der Waals surface area (Å²) in [5.74, 6) is -0.348. The molecule has 5 nitrogen and oxygen atoms in total. The van der Waals surface area contributed by atoms with Gasteiger partial charge in [0.25, 0.3) is 0 Å². The summed E-state index contributed by atoms with van der Waals surface area (Å²) in [4.78, 5) is 14.0. The van der Waals surface area contributed by atoms with Crippen LogP contribution in [-0.2, 0) is 14.8 Å². The van der Waals surface area contributed by atoms with Crippen LogP contribution in [0.25, 0.3) is 0 Å². The highest BCUT2D eigenvalue weighted by molar-refractivity contribution is 7.98. The van der Waals surface area contributed by atoms with E-state index in [2.05, 4.69) is 5.32 Å². The van der Waals surface area contributed by atoms with E-state index in [9.17, 15) is 13.2 Å². The zero-order valence-electron chi connectivity index (χ0n) is 16.3. The van der Waals surface area contributed by atoms with Crippen LogP contribution in [0.5, 0.6) is 0 Å². The van der Waals surface area contributed by atoms with E-state index in [1.165, 1.54) is 4.31 Å². The van der Waals surface area contributed by atoms with E-state index in [4.69, 9.17) is 0 Å². The minimum Gasteiger partial charge on any atom is -0.324 e. The molecule has 0 aromatic heterocycles. The van der Waals surface area contributed by atoms with Crippen molar-refractivity contribution in [1.82, 2.24) is 0 Å². The number of sulfonamides is 1. The van der Waals surface area contributed by atoms with E-state index >= 15 is 0 Å². The van der Waals surface area contributed by atoms with E-state index in [0.717, 1.165) is 22.3 Å². The number of aryl methyl sites for hydroxylation is 2. The van der Waals surface area contributed by atoms with Crippen LogP contribution in [0.2, 0.25) is 0 Å². The monoisotopic (exact) mass is 406 g/mol. The fourth-order valence-electron chi connectivity index (χ4n) is 2.85. The molecule has 0 unspecified atom stereocenters. The standard InChI is InChI=1S/C20H26N2O3S2/c1-6-19(20(23)21-16-8-7-9-18(13-16)26-4)22(27(5,24)25)17-11-10-14(2)15(3)12-17/h7-13,19H,6H2,1-5H3,(H,21,23)/t19-/m0/s1. The largest absolute Gasteiger partial charge is 0.324 e. The van der Waals surface area contributed by atoms with Crippen LogP contribution in [0.4, 0.5) is 11.4 Å². The van der Waals surface area contributed by atoms with Gasteiger partial charge in [-0.15, -0.1) is 11.8 Å². The number of rotatable bonds is 7. The van der Waals surface area contributed by atoms with Gasteiger partial charge < -0.3 is 5.32 Å². The molecule has 0 aliphatic heterocycles. The number of nitrogens with one attached hydrogen (secondary N) is 1. The topological polar surface area (TPSA) is 66.5 Å². The molecule has 0 heterocycles. The van der Waals surface area contributed by atoms with Crippen molar-refractivity contribution in [3.05, 3.63) is 53.6 Å². The molecule has 2 aromatic carbocycles. The van der Waals surface area contributed by atoms with Gasteiger partial charge in [-0.2, -0.15) is 0 Å². The molecular weight excluding hydrogens is 380 g/mol. The number of thioether (sulfide) groups is 1. The summed E-state index contributed by atoms with van der Waals surface area (Å²) in [5.41, 5.74) is 3.20. The lowest BCUT2D eigenvalue weighted by atomic mass is 10.1. The van der Waals surface area contributed by atoms with Gasteiger partial charge in [0, 0.05) is 10.6 Å². The molecular formula is C20H26N2O3S2. The van der Waals surface area contributed by atoms with E-state index in [1.54, 1.807) is 30.0 Å². The highest BCUT2D eigenvalue weighted by Gasteiger charge is 2.31. The van der Waals surface area contributed by atoms with Gasteiger partial charge in [-0.05, 0) is 68.0 Å². The van der Waals surface area contributed by atoms with Gasteiger partial charge in [-0.3, -0.25) is 9.10 Å². The van der Waals surface area contributed by atoms with Crippen molar-refractivity contribution in [2.24, 2.45) is 0 Å². The predicted octanol–water partition coefficient (Wildman–Crippen LogP) is 4.21. The summed E-state index contributed by atoms with van der Waals surface area (Å²) in [6, 6.07) is 12.1. The van der Waals surface area contributed by atoms with Crippen LogP contribution >= 0.6 is 11.8 Å². The highest BCUT2D eigenvalue weighted by Crippen LogP contribution is 2.26. The molecule has 1 atom stereocenters. The van der Waals surface area contributed by atoms with Gasteiger partial charge in [0.1, 0.15) is 6.04 Å². The summed E-state index contributed by atoms with van der Waals surface area (Å²) in [7, 11) is -3.64. The molecule has 27 heavy (non-hydrogen) atoms. The third kappa shape index (κ3) is 5.26. The average molecular weight is 407 g/mol. The molecule has 0 saturated heterocycles. The van der Waals surface area contributed by atoms with Crippen molar-refractivity contribution in [3.63, 3.8) is 0 Å². The van der Waals surface area contributed by atoms with Crippen molar-refractivity contribution < 1.29 is 13.2 Å². The van der Waals surface area contributed by atoms with Crippen molar-refractivity contribution in [2.75, 3.05) is 22.1 Å². The zero-order valence-corrected chi connectivity index (χ0v) is 17.9. The fraction of sp³-hybridized carbons (Fsp3) is 0.350. The first-order chi connectivity index (χ1) is 12.7. The second kappa shape index (κ2) is 8.80. The first-order valence-electron chi connectivity index (χ1n) is 8.69. The van der Waals surface area contributed by atoms with Gasteiger partial charge >= 0.3 is 0 Å². The van der Waals surface area contributed by atoms with Gasteiger partial charge in [0.2, 0.25) is 15.9 Å². The van der Waals surface area contributed by atoms with E-state index < -0.39 is 16.1 Å². The third-order valence-electron chi connectivity index (χ3n) is 4.41. The lowest BCUT2D eigenvalue weighted by Gasteiger charge is -2.30. The predicted molar refractivity (Wildman–Crippen MR) is 114 cm³/mol. The maximum Gasteiger partial charge on any atom is 0.248 e. The number of hydrogen-bond acceptors (Lipinski definition) is 4.